The molecule has 4 heteroatoms. The number of rotatable bonds is 5. The standard InChI is InChI=1S/C17H18N4/c1-13(14-8-4-2-5-9-14)18-12-16-17(20-21-19-16)15-10-6-3-7-11-15/h2-11,13,18H,12H2,1H3,(H,19,20,21). The van der Waals surface area contributed by atoms with Crippen LogP contribution in [0.3, 0.4) is 0 Å². The molecule has 2 N–H and O–H groups in total. The van der Waals surface area contributed by atoms with E-state index >= 15 is 0 Å². The van der Waals surface area contributed by atoms with Gasteiger partial charge in [0.1, 0.15) is 11.4 Å². The molecule has 0 fully saturated rings. The lowest BCUT2D eigenvalue weighted by atomic mass is 10.1. The quantitative estimate of drug-likeness (QED) is 0.752. The second-order valence-electron chi connectivity index (χ2n) is 5.00. The molecular formula is C17H18N4. The lowest BCUT2D eigenvalue weighted by Crippen LogP contribution is -2.18. The molecule has 0 aliphatic carbocycles. The summed E-state index contributed by atoms with van der Waals surface area (Å²) in [5.74, 6) is 0. The van der Waals surface area contributed by atoms with Crippen molar-refractivity contribution in [2.24, 2.45) is 0 Å². The first-order valence-electron chi connectivity index (χ1n) is 7.08. The van der Waals surface area contributed by atoms with Crippen molar-refractivity contribution >= 4 is 0 Å². The third kappa shape index (κ3) is 3.17. The Labute approximate surface area is 124 Å². The number of nitrogens with one attached hydrogen (secondary N) is 2. The SMILES string of the molecule is CC(NCc1n[nH]nc1-c1ccccc1)c1ccccc1. The maximum absolute atomic E-state index is 4.26. The molecule has 1 atom stereocenters. The van der Waals surface area contributed by atoms with Crippen molar-refractivity contribution in [1.82, 2.24) is 20.7 Å². The van der Waals surface area contributed by atoms with E-state index in [1.807, 2.05) is 36.4 Å². The normalized spacial score (nSPS) is 12.2. The molecule has 2 aromatic carbocycles. The smallest absolute Gasteiger partial charge is 0.117 e. The van der Waals surface area contributed by atoms with E-state index in [0.29, 0.717) is 6.54 Å². The van der Waals surface area contributed by atoms with Gasteiger partial charge in [0.05, 0.1) is 0 Å². The fourth-order valence-electron chi connectivity index (χ4n) is 2.31. The molecule has 21 heavy (non-hydrogen) atoms. The highest BCUT2D eigenvalue weighted by Crippen LogP contribution is 2.20. The van der Waals surface area contributed by atoms with Gasteiger partial charge in [-0.15, -0.1) is 0 Å². The number of benzene rings is 2. The van der Waals surface area contributed by atoms with Crippen molar-refractivity contribution < 1.29 is 0 Å². The zero-order chi connectivity index (χ0) is 14.5. The van der Waals surface area contributed by atoms with Crippen LogP contribution in [0.15, 0.2) is 60.7 Å². The van der Waals surface area contributed by atoms with E-state index in [2.05, 4.69) is 51.9 Å². The van der Waals surface area contributed by atoms with Crippen LogP contribution in [0.25, 0.3) is 11.3 Å². The molecule has 0 aliphatic heterocycles. The van der Waals surface area contributed by atoms with Crippen molar-refractivity contribution in [2.45, 2.75) is 19.5 Å². The van der Waals surface area contributed by atoms with Crippen LogP contribution in [0.1, 0.15) is 24.2 Å². The molecule has 1 heterocycles. The van der Waals surface area contributed by atoms with Crippen LogP contribution in [0.4, 0.5) is 0 Å². The number of H-pyrrole nitrogens is 1. The van der Waals surface area contributed by atoms with E-state index in [1.54, 1.807) is 0 Å². The summed E-state index contributed by atoms with van der Waals surface area (Å²) in [5, 5.41) is 14.7. The summed E-state index contributed by atoms with van der Waals surface area (Å²) in [6.45, 7) is 2.83. The van der Waals surface area contributed by atoms with E-state index in [-0.39, 0.29) is 6.04 Å². The van der Waals surface area contributed by atoms with Gasteiger partial charge in [-0.1, -0.05) is 60.7 Å². The Kier molecular flexibility index (Phi) is 4.07. The fraction of sp³-hybridized carbons (Fsp3) is 0.176. The van der Waals surface area contributed by atoms with Gasteiger partial charge in [0.15, 0.2) is 0 Å². The van der Waals surface area contributed by atoms with E-state index in [1.165, 1.54) is 5.56 Å². The van der Waals surface area contributed by atoms with Crippen LogP contribution in [-0.2, 0) is 6.54 Å². The van der Waals surface area contributed by atoms with Crippen molar-refractivity contribution in [3.63, 3.8) is 0 Å². The summed E-state index contributed by atoms with van der Waals surface area (Å²) in [7, 11) is 0. The van der Waals surface area contributed by atoms with Gasteiger partial charge < -0.3 is 5.32 Å². The minimum absolute atomic E-state index is 0.270. The zero-order valence-corrected chi connectivity index (χ0v) is 12.0. The van der Waals surface area contributed by atoms with E-state index in [0.717, 1.165) is 17.0 Å². The maximum Gasteiger partial charge on any atom is 0.117 e. The molecule has 1 unspecified atom stereocenters. The van der Waals surface area contributed by atoms with E-state index in [4.69, 9.17) is 0 Å². The summed E-state index contributed by atoms with van der Waals surface area (Å²) >= 11 is 0. The largest absolute Gasteiger partial charge is 0.304 e. The number of aromatic amines is 1. The Morgan fingerprint density at radius 3 is 2.33 bits per heavy atom. The highest BCUT2D eigenvalue weighted by molar-refractivity contribution is 5.60. The van der Waals surface area contributed by atoms with Crippen molar-refractivity contribution in [3.8, 4) is 11.3 Å². The van der Waals surface area contributed by atoms with Crippen LogP contribution >= 0.6 is 0 Å². The lowest BCUT2D eigenvalue weighted by molar-refractivity contribution is 0.567. The second-order valence-corrected chi connectivity index (χ2v) is 5.00. The summed E-state index contributed by atoms with van der Waals surface area (Å²) in [5.41, 5.74) is 4.19. The Bertz CT molecular complexity index is 676. The first-order valence-corrected chi connectivity index (χ1v) is 7.08. The summed E-state index contributed by atoms with van der Waals surface area (Å²) < 4.78 is 0. The lowest BCUT2D eigenvalue weighted by Gasteiger charge is -2.13. The zero-order valence-electron chi connectivity index (χ0n) is 12.0. The minimum atomic E-state index is 0.270. The predicted molar refractivity (Wildman–Crippen MR) is 83.5 cm³/mol. The fourth-order valence-corrected chi connectivity index (χ4v) is 2.31. The van der Waals surface area contributed by atoms with Gasteiger partial charge in [0.25, 0.3) is 0 Å². The number of hydrogen-bond acceptors (Lipinski definition) is 3. The molecule has 0 saturated heterocycles. The number of nitrogens with zero attached hydrogens (tertiary/aromatic N) is 2. The third-order valence-corrected chi connectivity index (χ3v) is 3.54. The van der Waals surface area contributed by atoms with Gasteiger partial charge in [-0.05, 0) is 12.5 Å². The Morgan fingerprint density at radius 1 is 0.952 bits per heavy atom. The molecular weight excluding hydrogens is 260 g/mol. The van der Waals surface area contributed by atoms with Gasteiger partial charge in [-0.2, -0.15) is 15.4 Å². The van der Waals surface area contributed by atoms with Gasteiger partial charge >= 0.3 is 0 Å². The molecule has 3 rings (SSSR count). The molecule has 106 valence electrons. The van der Waals surface area contributed by atoms with Crippen LogP contribution in [0.5, 0.6) is 0 Å². The first kappa shape index (κ1) is 13.5. The van der Waals surface area contributed by atoms with Crippen LogP contribution in [0.2, 0.25) is 0 Å². The van der Waals surface area contributed by atoms with Crippen LogP contribution < -0.4 is 5.32 Å². The van der Waals surface area contributed by atoms with Crippen molar-refractivity contribution in [3.05, 3.63) is 71.9 Å². The molecule has 0 radical (unpaired) electrons. The van der Waals surface area contributed by atoms with Crippen molar-refractivity contribution in [2.75, 3.05) is 0 Å². The molecule has 0 aliphatic rings. The Morgan fingerprint density at radius 2 is 1.62 bits per heavy atom. The number of aromatic nitrogens is 3. The minimum Gasteiger partial charge on any atom is -0.304 e. The molecule has 0 spiro atoms. The average molecular weight is 278 g/mol. The summed E-state index contributed by atoms with van der Waals surface area (Å²) in [6, 6.07) is 20.8. The third-order valence-electron chi connectivity index (χ3n) is 3.54. The number of hydrogen-bond donors (Lipinski definition) is 2. The molecule has 0 bridgehead atoms. The van der Waals surface area contributed by atoms with Gasteiger partial charge in [-0.25, -0.2) is 0 Å². The summed E-state index contributed by atoms with van der Waals surface area (Å²) in [6.07, 6.45) is 0. The topological polar surface area (TPSA) is 53.6 Å². The predicted octanol–water partition coefficient (Wildman–Crippen LogP) is 3.32. The van der Waals surface area contributed by atoms with Gasteiger partial charge in [-0.3, -0.25) is 0 Å². The monoisotopic (exact) mass is 278 g/mol. The van der Waals surface area contributed by atoms with Crippen LogP contribution in [0, 0.1) is 0 Å². The molecule has 0 saturated carbocycles. The molecule has 1 aromatic heterocycles. The Balaban J connectivity index is 1.71. The molecule has 4 nitrogen and oxygen atoms in total. The first-order chi connectivity index (χ1) is 10.3. The maximum atomic E-state index is 4.26. The van der Waals surface area contributed by atoms with Gasteiger partial charge in [0.2, 0.25) is 0 Å². The highest BCUT2D eigenvalue weighted by Gasteiger charge is 2.11. The average Bonchev–Trinajstić information content (AvgIpc) is 3.03. The summed E-state index contributed by atoms with van der Waals surface area (Å²) in [4.78, 5) is 0. The van der Waals surface area contributed by atoms with Gasteiger partial charge in [0, 0.05) is 18.2 Å². The highest BCUT2D eigenvalue weighted by atomic mass is 15.3. The Hall–Kier alpha value is -2.46. The molecule has 3 aromatic rings. The van der Waals surface area contributed by atoms with E-state index in [9.17, 15) is 0 Å². The van der Waals surface area contributed by atoms with E-state index < -0.39 is 0 Å². The van der Waals surface area contributed by atoms with Crippen molar-refractivity contribution in [1.29, 1.82) is 0 Å². The van der Waals surface area contributed by atoms with Crippen LogP contribution in [-0.4, -0.2) is 15.4 Å². The molecule has 0 amide bonds. The second kappa shape index (κ2) is 6.33.